The topological polar surface area (TPSA) is 28.3 Å². The first kappa shape index (κ1) is 16.5. The molecule has 3 nitrogen and oxygen atoms in total. The Bertz CT molecular complexity index is 1020. The van der Waals surface area contributed by atoms with Crippen LogP contribution in [0.3, 0.4) is 0 Å². The van der Waals surface area contributed by atoms with Crippen molar-refractivity contribution in [3.8, 4) is 0 Å². The van der Waals surface area contributed by atoms with E-state index < -0.39 is 0 Å². The second kappa shape index (κ2) is 7.18. The van der Waals surface area contributed by atoms with E-state index in [1.54, 1.807) is 0 Å². The summed E-state index contributed by atoms with van der Waals surface area (Å²) in [6.07, 6.45) is 7.80. The molecule has 0 spiro atoms. The zero-order valence-corrected chi connectivity index (χ0v) is 15.4. The fourth-order valence-corrected chi connectivity index (χ4v) is 4.18. The molecule has 0 unspecified atom stereocenters. The molecule has 136 valence electrons. The maximum absolute atomic E-state index is 5.47. The van der Waals surface area contributed by atoms with Gasteiger partial charge in [-0.15, -0.1) is 0 Å². The first-order valence-electron chi connectivity index (χ1n) is 9.77. The Hall–Kier alpha value is -2.62. The molecular weight excluding hydrogens is 332 g/mol. The second-order valence-electron chi connectivity index (χ2n) is 7.31. The van der Waals surface area contributed by atoms with E-state index in [0.717, 1.165) is 39.3 Å². The molecular formula is C24H24N2O. The minimum atomic E-state index is 0.862. The van der Waals surface area contributed by atoms with Crippen LogP contribution in [-0.2, 0) is 4.74 Å². The van der Waals surface area contributed by atoms with Crippen molar-refractivity contribution in [3.05, 3.63) is 77.5 Å². The monoisotopic (exact) mass is 356 g/mol. The summed E-state index contributed by atoms with van der Waals surface area (Å²) in [5, 5.41) is 1.26. The number of aromatic amines is 1. The highest BCUT2D eigenvalue weighted by Gasteiger charge is 2.19. The van der Waals surface area contributed by atoms with E-state index in [1.807, 2.05) is 6.20 Å². The molecule has 1 saturated heterocycles. The summed E-state index contributed by atoms with van der Waals surface area (Å²) in [4.78, 5) is 5.89. The summed E-state index contributed by atoms with van der Waals surface area (Å²) in [6.45, 7) is 4.92. The number of fused-ring (bicyclic) bond motifs is 2. The van der Waals surface area contributed by atoms with E-state index in [9.17, 15) is 0 Å². The Morgan fingerprint density at radius 2 is 1.81 bits per heavy atom. The lowest BCUT2D eigenvalue weighted by molar-refractivity contribution is 0.0390. The second-order valence-corrected chi connectivity index (χ2v) is 7.31. The lowest BCUT2D eigenvalue weighted by Gasteiger charge is -2.26. The van der Waals surface area contributed by atoms with E-state index >= 15 is 0 Å². The SMILES string of the molecule is C1=C(CCN2CCOCC2)c2ccccc2/C1=C/c1cccc2cc[nH]c12. The van der Waals surface area contributed by atoms with E-state index in [2.05, 4.69) is 70.6 Å². The van der Waals surface area contributed by atoms with Crippen LogP contribution in [0.15, 0.2) is 60.8 Å². The molecule has 1 aliphatic heterocycles. The number of hydrogen-bond acceptors (Lipinski definition) is 2. The van der Waals surface area contributed by atoms with Gasteiger partial charge in [0.15, 0.2) is 0 Å². The summed E-state index contributed by atoms with van der Waals surface area (Å²) >= 11 is 0. The molecule has 1 aliphatic carbocycles. The van der Waals surface area contributed by atoms with E-state index in [-0.39, 0.29) is 0 Å². The van der Waals surface area contributed by atoms with E-state index in [0.29, 0.717) is 0 Å². The van der Waals surface area contributed by atoms with Gasteiger partial charge in [0.2, 0.25) is 0 Å². The van der Waals surface area contributed by atoms with Crippen molar-refractivity contribution in [1.82, 2.24) is 9.88 Å². The van der Waals surface area contributed by atoms with Crippen molar-refractivity contribution in [2.24, 2.45) is 0 Å². The lowest BCUT2D eigenvalue weighted by atomic mass is 10.0. The maximum atomic E-state index is 5.47. The zero-order chi connectivity index (χ0) is 18.1. The zero-order valence-electron chi connectivity index (χ0n) is 15.4. The summed E-state index contributed by atoms with van der Waals surface area (Å²) in [5.41, 5.74) is 7.94. The number of para-hydroxylation sites is 1. The third-order valence-electron chi connectivity index (χ3n) is 5.65. The molecule has 1 N–H and O–H groups in total. The molecule has 0 bridgehead atoms. The van der Waals surface area contributed by atoms with Crippen LogP contribution in [0, 0.1) is 0 Å². The van der Waals surface area contributed by atoms with E-state index in [1.165, 1.54) is 38.7 Å². The summed E-state index contributed by atoms with van der Waals surface area (Å²) in [6, 6.07) is 17.4. The number of ether oxygens (including phenoxy) is 1. The maximum Gasteiger partial charge on any atom is 0.0594 e. The van der Waals surface area contributed by atoms with Gasteiger partial charge in [-0.3, -0.25) is 4.90 Å². The molecule has 0 saturated carbocycles. The van der Waals surface area contributed by atoms with Gasteiger partial charge in [0, 0.05) is 25.8 Å². The fourth-order valence-electron chi connectivity index (χ4n) is 4.18. The van der Waals surface area contributed by atoms with Crippen LogP contribution >= 0.6 is 0 Å². The number of rotatable bonds is 4. The highest BCUT2D eigenvalue weighted by molar-refractivity contribution is 6.04. The Morgan fingerprint density at radius 3 is 2.70 bits per heavy atom. The first-order valence-corrected chi connectivity index (χ1v) is 9.77. The molecule has 1 aromatic heterocycles. The predicted molar refractivity (Wildman–Crippen MR) is 112 cm³/mol. The highest BCUT2D eigenvalue weighted by Crippen LogP contribution is 2.38. The molecule has 2 aromatic carbocycles. The van der Waals surface area contributed by atoms with Gasteiger partial charge >= 0.3 is 0 Å². The quantitative estimate of drug-likeness (QED) is 0.725. The number of allylic oxidation sites excluding steroid dienone is 2. The van der Waals surface area contributed by atoms with Crippen molar-refractivity contribution in [2.75, 3.05) is 32.8 Å². The van der Waals surface area contributed by atoms with Crippen LogP contribution in [0.1, 0.15) is 23.1 Å². The first-order chi connectivity index (χ1) is 13.4. The van der Waals surface area contributed by atoms with Crippen LogP contribution < -0.4 is 0 Å². The van der Waals surface area contributed by atoms with Gasteiger partial charge in [-0.25, -0.2) is 0 Å². The molecule has 3 aromatic rings. The molecule has 1 fully saturated rings. The van der Waals surface area contributed by atoms with Gasteiger partial charge in [0.1, 0.15) is 0 Å². The van der Waals surface area contributed by atoms with Crippen LogP contribution in [0.2, 0.25) is 0 Å². The van der Waals surface area contributed by atoms with E-state index in [4.69, 9.17) is 4.74 Å². The minimum absolute atomic E-state index is 0.862. The summed E-state index contributed by atoms with van der Waals surface area (Å²) in [7, 11) is 0. The molecule has 3 heteroatoms. The summed E-state index contributed by atoms with van der Waals surface area (Å²) in [5.74, 6) is 0. The van der Waals surface area contributed by atoms with Gasteiger partial charge in [0.25, 0.3) is 0 Å². The van der Waals surface area contributed by atoms with Gasteiger partial charge in [-0.1, -0.05) is 48.5 Å². The van der Waals surface area contributed by atoms with Gasteiger partial charge in [-0.2, -0.15) is 0 Å². The van der Waals surface area contributed by atoms with Crippen LogP contribution in [0.4, 0.5) is 0 Å². The molecule has 0 radical (unpaired) electrons. The average Bonchev–Trinajstić information content (AvgIpc) is 3.33. The van der Waals surface area contributed by atoms with Crippen molar-refractivity contribution >= 4 is 28.1 Å². The number of aromatic nitrogens is 1. The molecule has 27 heavy (non-hydrogen) atoms. The Labute approximate surface area is 160 Å². The van der Waals surface area contributed by atoms with Crippen molar-refractivity contribution in [2.45, 2.75) is 6.42 Å². The predicted octanol–water partition coefficient (Wildman–Crippen LogP) is 4.83. The number of H-pyrrole nitrogens is 1. The molecule has 0 atom stereocenters. The normalized spacial score (nSPS) is 18.8. The number of benzene rings is 2. The van der Waals surface area contributed by atoms with Crippen LogP contribution in [-0.4, -0.2) is 42.7 Å². The van der Waals surface area contributed by atoms with Crippen LogP contribution in [0.5, 0.6) is 0 Å². The largest absolute Gasteiger partial charge is 0.379 e. The number of hydrogen-bond donors (Lipinski definition) is 1. The molecule has 0 amide bonds. The average molecular weight is 356 g/mol. The molecule has 2 aliphatic rings. The minimum Gasteiger partial charge on any atom is -0.379 e. The van der Waals surface area contributed by atoms with Crippen molar-refractivity contribution in [1.29, 1.82) is 0 Å². The molecule has 5 rings (SSSR count). The number of nitrogens with zero attached hydrogens (tertiary/aromatic N) is 1. The lowest BCUT2D eigenvalue weighted by Crippen LogP contribution is -2.36. The number of morpholine rings is 1. The smallest absolute Gasteiger partial charge is 0.0594 e. The summed E-state index contributed by atoms with van der Waals surface area (Å²) < 4.78 is 5.47. The third-order valence-corrected chi connectivity index (χ3v) is 5.65. The van der Waals surface area contributed by atoms with Crippen LogP contribution in [0.25, 0.3) is 28.1 Å². The standard InChI is InChI=1S/C24H24N2O/c1-2-7-23-21(17-20-5-3-4-18-8-10-25-24(18)20)16-19(22(23)6-1)9-11-26-12-14-27-15-13-26/h1-8,10,16-17,25H,9,11-15H2/b21-17+. The Kier molecular flexibility index (Phi) is 4.40. The fraction of sp³-hybridized carbons (Fsp3) is 0.250. The van der Waals surface area contributed by atoms with Gasteiger partial charge < -0.3 is 9.72 Å². The number of nitrogens with one attached hydrogen (secondary N) is 1. The molecule has 2 heterocycles. The third kappa shape index (κ3) is 3.25. The van der Waals surface area contributed by atoms with Crippen molar-refractivity contribution < 1.29 is 4.74 Å². The highest BCUT2D eigenvalue weighted by atomic mass is 16.5. The Balaban J connectivity index is 1.47. The Morgan fingerprint density at radius 1 is 0.963 bits per heavy atom. The van der Waals surface area contributed by atoms with Crippen molar-refractivity contribution in [3.63, 3.8) is 0 Å². The van der Waals surface area contributed by atoms with Gasteiger partial charge in [-0.05, 0) is 51.8 Å². The van der Waals surface area contributed by atoms with Gasteiger partial charge in [0.05, 0.1) is 18.7 Å².